The molecule has 0 aromatic heterocycles. The van der Waals surface area contributed by atoms with Crippen LogP contribution in [0.2, 0.25) is 0 Å². The Labute approximate surface area is 124 Å². The van der Waals surface area contributed by atoms with Crippen LogP contribution in [0, 0.1) is 11.7 Å². The van der Waals surface area contributed by atoms with Crippen LogP contribution in [0.5, 0.6) is 5.75 Å². The first-order valence-electron chi connectivity index (χ1n) is 7.62. The normalized spacial score (nSPS) is 17.6. The summed E-state index contributed by atoms with van der Waals surface area (Å²) in [5.74, 6) is 0.208. The van der Waals surface area contributed by atoms with Crippen molar-refractivity contribution >= 4 is 5.91 Å². The Morgan fingerprint density at radius 3 is 2.81 bits per heavy atom. The largest absolute Gasteiger partial charge is 0.480 e. The second-order valence-corrected chi connectivity index (χ2v) is 5.92. The summed E-state index contributed by atoms with van der Waals surface area (Å²) in [5, 5.41) is 6.14. The van der Waals surface area contributed by atoms with Gasteiger partial charge in [-0.1, -0.05) is 12.1 Å². The lowest BCUT2D eigenvalue weighted by Crippen LogP contribution is -2.30. The fourth-order valence-electron chi connectivity index (χ4n) is 2.16. The van der Waals surface area contributed by atoms with Gasteiger partial charge in [0.05, 0.1) is 0 Å². The van der Waals surface area contributed by atoms with Crippen molar-refractivity contribution in [2.75, 3.05) is 13.2 Å². The molecule has 2 fully saturated rings. The van der Waals surface area contributed by atoms with E-state index in [1.165, 1.54) is 31.7 Å². The topological polar surface area (TPSA) is 50.4 Å². The van der Waals surface area contributed by atoms with Gasteiger partial charge in [0.25, 0.3) is 5.91 Å². The molecule has 2 saturated carbocycles. The molecule has 0 bridgehead atoms. The predicted molar refractivity (Wildman–Crippen MR) is 77.5 cm³/mol. The summed E-state index contributed by atoms with van der Waals surface area (Å²) < 4.78 is 19.3. The molecule has 0 spiro atoms. The zero-order valence-electron chi connectivity index (χ0n) is 12.0. The maximum atomic E-state index is 13.9. The fourth-order valence-corrected chi connectivity index (χ4v) is 2.16. The van der Waals surface area contributed by atoms with Gasteiger partial charge in [-0.15, -0.1) is 0 Å². The monoisotopic (exact) mass is 292 g/mol. The lowest BCUT2D eigenvalue weighted by molar-refractivity contribution is -0.123. The maximum absolute atomic E-state index is 13.9. The molecule has 0 unspecified atom stereocenters. The number of carbonyl (C=O) groups is 1. The van der Waals surface area contributed by atoms with Crippen LogP contribution in [0.15, 0.2) is 18.2 Å². The molecule has 1 aromatic carbocycles. The SMILES string of the molecule is O=C(COc1c(F)cccc1CNC1CC1)NCC1CC1. The molecule has 1 aromatic rings. The van der Waals surface area contributed by atoms with E-state index in [2.05, 4.69) is 10.6 Å². The number of rotatable bonds is 8. The summed E-state index contributed by atoms with van der Waals surface area (Å²) >= 11 is 0. The van der Waals surface area contributed by atoms with Gasteiger partial charge >= 0.3 is 0 Å². The van der Waals surface area contributed by atoms with Crippen molar-refractivity contribution < 1.29 is 13.9 Å². The summed E-state index contributed by atoms with van der Waals surface area (Å²) in [7, 11) is 0. The molecule has 21 heavy (non-hydrogen) atoms. The van der Waals surface area contributed by atoms with E-state index in [1.807, 2.05) is 6.07 Å². The zero-order chi connectivity index (χ0) is 14.7. The van der Waals surface area contributed by atoms with Crippen molar-refractivity contribution in [2.24, 2.45) is 5.92 Å². The molecule has 5 heteroatoms. The van der Waals surface area contributed by atoms with Crippen molar-refractivity contribution in [3.63, 3.8) is 0 Å². The van der Waals surface area contributed by atoms with Gasteiger partial charge in [0.15, 0.2) is 18.2 Å². The Hall–Kier alpha value is -1.62. The molecule has 0 aliphatic heterocycles. The first-order valence-corrected chi connectivity index (χ1v) is 7.62. The Morgan fingerprint density at radius 1 is 1.29 bits per heavy atom. The maximum Gasteiger partial charge on any atom is 0.257 e. The van der Waals surface area contributed by atoms with E-state index in [-0.39, 0.29) is 18.3 Å². The van der Waals surface area contributed by atoms with Crippen molar-refractivity contribution in [1.29, 1.82) is 0 Å². The summed E-state index contributed by atoms with van der Waals surface area (Å²) in [6.07, 6.45) is 4.72. The van der Waals surface area contributed by atoms with E-state index < -0.39 is 5.82 Å². The number of carbonyl (C=O) groups excluding carboxylic acids is 1. The summed E-state index contributed by atoms with van der Waals surface area (Å²) in [6.45, 7) is 1.14. The molecule has 3 rings (SSSR count). The van der Waals surface area contributed by atoms with E-state index in [0.29, 0.717) is 25.0 Å². The lowest BCUT2D eigenvalue weighted by Gasteiger charge is -2.13. The van der Waals surface area contributed by atoms with Gasteiger partial charge in [-0.05, 0) is 37.7 Å². The number of benzene rings is 1. The number of hydrogen-bond donors (Lipinski definition) is 2. The molecule has 1 amide bonds. The van der Waals surface area contributed by atoms with E-state index in [4.69, 9.17) is 4.74 Å². The number of hydrogen-bond acceptors (Lipinski definition) is 3. The van der Waals surface area contributed by atoms with Crippen LogP contribution in [0.1, 0.15) is 31.2 Å². The van der Waals surface area contributed by atoms with Gasteiger partial charge in [-0.25, -0.2) is 4.39 Å². The number of nitrogens with one attached hydrogen (secondary N) is 2. The summed E-state index contributed by atoms with van der Waals surface area (Å²) in [5.41, 5.74) is 0.761. The van der Waals surface area contributed by atoms with Crippen molar-refractivity contribution in [3.8, 4) is 5.75 Å². The third-order valence-electron chi connectivity index (χ3n) is 3.84. The van der Waals surface area contributed by atoms with Crippen molar-refractivity contribution in [2.45, 2.75) is 38.3 Å². The Bertz CT molecular complexity index is 513. The van der Waals surface area contributed by atoms with E-state index in [0.717, 1.165) is 5.56 Å². The van der Waals surface area contributed by atoms with Crippen LogP contribution in [-0.4, -0.2) is 25.1 Å². The highest BCUT2D eigenvalue weighted by Crippen LogP contribution is 2.27. The summed E-state index contributed by atoms with van der Waals surface area (Å²) in [4.78, 5) is 11.7. The standard InChI is InChI=1S/C16H21FN2O2/c17-14-3-1-2-12(9-18-13-6-7-13)16(14)21-10-15(20)19-8-11-4-5-11/h1-3,11,13,18H,4-10H2,(H,19,20). The third kappa shape index (κ3) is 4.43. The van der Waals surface area contributed by atoms with E-state index >= 15 is 0 Å². The first kappa shape index (κ1) is 14.3. The Balaban J connectivity index is 1.52. The number of ether oxygens (including phenoxy) is 1. The van der Waals surface area contributed by atoms with Crippen molar-refractivity contribution in [1.82, 2.24) is 10.6 Å². The second kappa shape index (κ2) is 6.43. The Morgan fingerprint density at radius 2 is 2.10 bits per heavy atom. The van der Waals surface area contributed by atoms with Gasteiger partial charge in [0.1, 0.15) is 0 Å². The van der Waals surface area contributed by atoms with Crippen molar-refractivity contribution in [3.05, 3.63) is 29.6 Å². The minimum atomic E-state index is -0.417. The van der Waals surface area contributed by atoms with E-state index in [1.54, 1.807) is 6.07 Å². The minimum Gasteiger partial charge on any atom is -0.480 e. The lowest BCUT2D eigenvalue weighted by atomic mass is 10.2. The molecule has 4 nitrogen and oxygen atoms in total. The molecular formula is C16H21FN2O2. The van der Waals surface area contributed by atoms with Crippen LogP contribution in [0.3, 0.4) is 0 Å². The number of halogens is 1. The molecule has 2 aliphatic carbocycles. The van der Waals surface area contributed by atoms with E-state index in [9.17, 15) is 9.18 Å². The number of amides is 1. The van der Waals surface area contributed by atoms with Gasteiger partial charge in [0.2, 0.25) is 0 Å². The number of para-hydroxylation sites is 1. The first-order chi connectivity index (χ1) is 10.2. The van der Waals surface area contributed by atoms with Gasteiger partial charge in [-0.3, -0.25) is 4.79 Å². The molecule has 0 saturated heterocycles. The minimum absolute atomic E-state index is 0.135. The molecule has 0 radical (unpaired) electrons. The average molecular weight is 292 g/mol. The predicted octanol–water partition coefficient (Wildman–Crippen LogP) is 1.98. The zero-order valence-corrected chi connectivity index (χ0v) is 12.0. The second-order valence-electron chi connectivity index (χ2n) is 5.92. The van der Waals surface area contributed by atoms with Gasteiger partial charge in [0, 0.05) is 24.7 Å². The molecule has 114 valence electrons. The smallest absolute Gasteiger partial charge is 0.257 e. The Kier molecular flexibility index (Phi) is 4.39. The molecule has 2 N–H and O–H groups in total. The third-order valence-corrected chi connectivity index (χ3v) is 3.84. The van der Waals surface area contributed by atoms with Crippen LogP contribution in [-0.2, 0) is 11.3 Å². The highest BCUT2D eigenvalue weighted by molar-refractivity contribution is 5.77. The highest BCUT2D eigenvalue weighted by Gasteiger charge is 2.23. The van der Waals surface area contributed by atoms with Gasteiger partial charge < -0.3 is 15.4 Å². The average Bonchev–Trinajstić information content (AvgIpc) is 3.36. The van der Waals surface area contributed by atoms with Crippen LogP contribution in [0.25, 0.3) is 0 Å². The quantitative estimate of drug-likeness (QED) is 0.770. The molecule has 2 aliphatic rings. The van der Waals surface area contributed by atoms with Crippen LogP contribution in [0.4, 0.5) is 4.39 Å². The highest BCUT2D eigenvalue weighted by atomic mass is 19.1. The molecule has 0 heterocycles. The van der Waals surface area contributed by atoms with Crippen LogP contribution >= 0.6 is 0 Å². The molecular weight excluding hydrogens is 271 g/mol. The van der Waals surface area contributed by atoms with Crippen LogP contribution < -0.4 is 15.4 Å². The summed E-state index contributed by atoms with van der Waals surface area (Å²) in [6, 6.07) is 5.40. The molecule has 0 atom stereocenters. The van der Waals surface area contributed by atoms with Gasteiger partial charge in [-0.2, -0.15) is 0 Å². The fraction of sp³-hybridized carbons (Fsp3) is 0.562.